The molecule has 0 amide bonds. The molecule has 0 saturated carbocycles. The Kier molecular flexibility index (Phi) is 3.31. The normalized spacial score (nSPS) is 22.4. The molecule has 0 radical (unpaired) electrons. The monoisotopic (exact) mass is 315 g/mol. The van der Waals surface area contributed by atoms with Crippen molar-refractivity contribution >= 4 is 22.8 Å². The van der Waals surface area contributed by atoms with Crippen molar-refractivity contribution < 1.29 is 4.74 Å². The topological polar surface area (TPSA) is 55.5 Å². The predicted molar refractivity (Wildman–Crippen MR) is 85.3 cm³/mol. The molecule has 114 valence electrons. The zero-order valence-corrected chi connectivity index (χ0v) is 13.3. The first-order valence-corrected chi connectivity index (χ1v) is 8.26. The highest BCUT2D eigenvalue weighted by Gasteiger charge is 2.27. The van der Waals surface area contributed by atoms with Gasteiger partial charge in [0, 0.05) is 13.1 Å². The Hall–Kier alpha value is -1.99. The molecule has 3 aromatic rings. The molecule has 0 spiro atoms. The van der Waals surface area contributed by atoms with E-state index in [9.17, 15) is 0 Å². The van der Waals surface area contributed by atoms with Crippen molar-refractivity contribution in [3.8, 4) is 0 Å². The number of hydrogen-bond acceptors (Lipinski definition) is 6. The summed E-state index contributed by atoms with van der Waals surface area (Å²) in [7, 11) is 0. The average molecular weight is 315 g/mol. The van der Waals surface area contributed by atoms with Gasteiger partial charge in [-0.05, 0) is 48.4 Å². The Morgan fingerprint density at radius 2 is 2.14 bits per heavy atom. The minimum atomic E-state index is 0.0921. The smallest absolute Gasteiger partial charge is 0.178 e. The van der Waals surface area contributed by atoms with Crippen molar-refractivity contribution in [3.05, 3.63) is 40.3 Å². The average Bonchev–Trinajstić information content (AvgIpc) is 3.17. The van der Waals surface area contributed by atoms with Crippen molar-refractivity contribution in [3.63, 3.8) is 0 Å². The highest BCUT2D eigenvalue weighted by atomic mass is 32.1. The first kappa shape index (κ1) is 13.7. The van der Waals surface area contributed by atoms with Crippen LogP contribution in [0.25, 0.3) is 5.65 Å². The Morgan fingerprint density at radius 3 is 2.95 bits per heavy atom. The number of nitrogens with zero attached hydrogens (tertiary/aromatic N) is 5. The fraction of sp³-hybridized carbons (Fsp3) is 0.400. The van der Waals surface area contributed by atoms with Crippen LogP contribution >= 0.6 is 11.3 Å². The van der Waals surface area contributed by atoms with Crippen molar-refractivity contribution in [2.75, 3.05) is 18.0 Å². The molecule has 0 aromatic carbocycles. The number of anilines is 1. The van der Waals surface area contributed by atoms with Gasteiger partial charge in [-0.3, -0.25) is 0 Å². The van der Waals surface area contributed by atoms with Crippen LogP contribution in [0.4, 0.5) is 5.82 Å². The standard InChI is InChI=1S/C15H17N5OS/c1-10-7-19(8-13(21-10)12-5-6-22-9-12)15-4-3-14-17-16-11(2)20(14)18-15/h3-6,9-10,13H,7-8H2,1-2H3/t10-,13-/m1/s1. The van der Waals surface area contributed by atoms with E-state index in [-0.39, 0.29) is 12.2 Å². The van der Waals surface area contributed by atoms with Crippen LogP contribution in [0.5, 0.6) is 0 Å². The van der Waals surface area contributed by atoms with Gasteiger partial charge in [-0.15, -0.1) is 15.3 Å². The maximum absolute atomic E-state index is 6.08. The van der Waals surface area contributed by atoms with Crippen molar-refractivity contribution in [2.24, 2.45) is 0 Å². The summed E-state index contributed by atoms with van der Waals surface area (Å²) in [5.74, 6) is 1.73. The zero-order chi connectivity index (χ0) is 15.1. The van der Waals surface area contributed by atoms with Gasteiger partial charge in [-0.1, -0.05) is 0 Å². The van der Waals surface area contributed by atoms with E-state index in [2.05, 4.69) is 43.9 Å². The van der Waals surface area contributed by atoms with E-state index < -0.39 is 0 Å². The molecule has 4 rings (SSSR count). The highest BCUT2D eigenvalue weighted by Crippen LogP contribution is 2.29. The Morgan fingerprint density at radius 1 is 1.23 bits per heavy atom. The third-order valence-corrected chi connectivity index (χ3v) is 4.61. The molecule has 1 fully saturated rings. The fourth-order valence-corrected chi connectivity index (χ4v) is 3.54. The lowest BCUT2D eigenvalue weighted by molar-refractivity contribution is -0.0174. The minimum absolute atomic E-state index is 0.0921. The molecule has 1 aliphatic heterocycles. The third kappa shape index (κ3) is 2.36. The summed E-state index contributed by atoms with van der Waals surface area (Å²) in [5, 5.41) is 17.1. The lowest BCUT2D eigenvalue weighted by Gasteiger charge is -2.37. The van der Waals surface area contributed by atoms with Gasteiger partial charge in [-0.2, -0.15) is 15.9 Å². The Balaban J connectivity index is 1.66. The number of aryl methyl sites for hydroxylation is 1. The van der Waals surface area contributed by atoms with Gasteiger partial charge in [0.15, 0.2) is 11.5 Å². The van der Waals surface area contributed by atoms with E-state index in [4.69, 9.17) is 4.74 Å². The van der Waals surface area contributed by atoms with Gasteiger partial charge in [0.2, 0.25) is 0 Å². The van der Waals surface area contributed by atoms with E-state index in [1.54, 1.807) is 15.9 Å². The largest absolute Gasteiger partial charge is 0.367 e. The van der Waals surface area contributed by atoms with Gasteiger partial charge in [0.1, 0.15) is 11.9 Å². The van der Waals surface area contributed by atoms with Crippen molar-refractivity contribution in [1.82, 2.24) is 19.8 Å². The minimum Gasteiger partial charge on any atom is -0.367 e. The van der Waals surface area contributed by atoms with Crippen LogP contribution in [0.1, 0.15) is 24.4 Å². The molecule has 0 N–H and O–H groups in total. The molecule has 7 heteroatoms. The summed E-state index contributed by atoms with van der Waals surface area (Å²) < 4.78 is 7.87. The van der Waals surface area contributed by atoms with Crippen LogP contribution in [-0.2, 0) is 4.74 Å². The molecular weight excluding hydrogens is 298 g/mol. The van der Waals surface area contributed by atoms with E-state index in [1.165, 1.54) is 5.56 Å². The number of aromatic nitrogens is 4. The molecular formula is C15H17N5OS. The second-order valence-corrected chi connectivity index (χ2v) is 6.39. The van der Waals surface area contributed by atoms with Gasteiger partial charge in [0.05, 0.1) is 6.10 Å². The maximum atomic E-state index is 6.08. The molecule has 3 aromatic heterocycles. The zero-order valence-electron chi connectivity index (χ0n) is 12.5. The van der Waals surface area contributed by atoms with Crippen LogP contribution in [0.15, 0.2) is 29.0 Å². The number of morpholine rings is 1. The third-order valence-electron chi connectivity index (χ3n) is 3.90. The molecule has 0 aliphatic carbocycles. The summed E-state index contributed by atoms with van der Waals surface area (Å²) in [6.45, 7) is 5.65. The first-order chi connectivity index (χ1) is 10.7. The van der Waals surface area contributed by atoms with E-state index in [0.29, 0.717) is 0 Å². The lowest BCUT2D eigenvalue weighted by Crippen LogP contribution is -2.43. The molecule has 2 atom stereocenters. The highest BCUT2D eigenvalue weighted by molar-refractivity contribution is 7.07. The summed E-state index contributed by atoms with van der Waals surface area (Å²) >= 11 is 1.70. The molecule has 6 nitrogen and oxygen atoms in total. The lowest BCUT2D eigenvalue weighted by atomic mass is 10.1. The number of rotatable bonds is 2. The predicted octanol–water partition coefficient (Wildman–Crippen LogP) is 2.46. The van der Waals surface area contributed by atoms with Gasteiger partial charge < -0.3 is 9.64 Å². The van der Waals surface area contributed by atoms with E-state index in [0.717, 1.165) is 30.4 Å². The van der Waals surface area contributed by atoms with Crippen LogP contribution in [0.2, 0.25) is 0 Å². The number of ether oxygens (including phenoxy) is 1. The second kappa shape index (κ2) is 5.33. The molecule has 22 heavy (non-hydrogen) atoms. The van der Waals surface area contributed by atoms with Crippen LogP contribution in [0.3, 0.4) is 0 Å². The second-order valence-electron chi connectivity index (χ2n) is 5.61. The number of fused-ring (bicyclic) bond motifs is 1. The SMILES string of the molecule is Cc1nnc2ccc(N3C[C@@H](C)O[C@@H](c4ccsc4)C3)nn12. The molecule has 4 heterocycles. The van der Waals surface area contributed by atoms with Gasteiger partial charge >= 0.3 is 0 Å². The number of thiophene rings is 1. The summed E-state index contributed by atoms with van der Waals surface area (Å²) in [6.07, 6.45) is 0.257. The Labute approximate surface area is 132 Å². The van der Waals surface area contributed by atoms with Crippen LogP contribution in [0, 0.1) is 6.92 Å². The summed E-state index contributed by atoms with van der Waals surface area (Å²) in [5.41, 5.74) is 2.01. The fourth-order valence-electron chi connectivity index (χ4n) is 2.84. The molecule has 1 aliphatic rings. The molecule has 0 bridgehead atoms. The Bertz CT molecular complexity index is 784. The molecule has 0 unspecified atom stereocenters. The van der Waals surface area contributed by atoms with Crippen molar-refractivity contribution in [1.29, 1.82) is 0 Å². The van der Waals surface area contributed by atoms with E-state index >= 15 is 0 Å². The first-order valence-electron chi connectivity index (χ1n) is 7.32. The maximum Gasteiger partial charge on any atom is 0.178 e. The van der Waals surface area contributed by atoms with E-state index in [1.807, 2.05) is 19.1 Å². The molecule has 1 saturated heterocycles. The number of hydrogen-bond donors (Lipinski definition) is 0. The summed E-state index contributed by atoms with van der Waals surface area (Å²) in [4.78, 5) is 2.27. The quantitative estimate of drug-likeness (QED) is 0.727. The van der Waals surface area contributed by atoms with Crippen molar-refractivity contribution in [2.45, 2.75) is 26.1 Å². The van der Waals surface area contributed by atoms with Gasteiger partial charge in [0.25, 0.3) is 0 Å². The summed E-state index contributed by atoms with van der Waals surface area (Å²) in [6, 6.07) is 6.10. The van der Waals surface area contributed by atoms with Crippen LogP contribution < -0.4 is 4.90 Å². The van der Waals surface area contributed by atoms with Gasteiger partial charge in [-0.25, -0.2) is 0 Å². The van der Waals surface area contributed by atoms with Crippen LogP contribution in [-0.4, -0.2) is 39.0 Å².